The highest BCUT2D eigenvalue weighted by molar-refractivity contribution is 6.99. The number of hydrogen-bond donors (Lipinski definition) is 3. The number of primary amides is 1. The molecule has 0 saturated carbocycles. The smallest absolute Gasteiger partial charge is 0.245 e. The largest absolute Gasteiger partial charge is 0.473 e. The molecule has 1 aromatic heterocycles. The van der Waals surface area contributed by atoms with Gasteiger partial charge in [-0.15, -0.1) is 4.37 Å². The molecule has 18 heavy (non-hydrogen) atoms. The second-order valence-electron chi connectivity index (χ2n) is 4.14. The predicted octanol–water partition coefficient (Wildman–Crippen LogP) is -0.479. The van der Waals surface area contributed by atoms with Crippen molar-refractivity contribution >= 4 is 17.6 Å². The number of aliphatic hydroxyl groups is 1. The number of nitrogens with one attached hydrogen (secondary N) is 1. The molecule has 0 spiro atoms. The van der Waals surface area contributed by atoms with E-state index in [2.05, 4.69) is 14.1 Å². The van der Waals surface area contributed by atoms with Crippen LogP contribution in [-0.4, -0.2) is 44.6 Å². The lowest BCUT2D eigenvalue weighted by Gasteiger charge is -2.27. The standard InChI is InChI=1S/C10H18N4O3S/c1-3-10(2,9(11)16)12-4-7(15)6-17-8-5-13-18-14-8/h5,7,12,15H,3-4,6H2,1-2H3,(H2,11,16). The minimum absolute atomic E-state index is 0.0803. The Hall–Kier alpha value is -1.25. The molecular weight excluding hydrogens is 256 g/mol. The van der Waals surface area contributed by atoms with Gasteiger partial charge in [0.2, 0.25) is 11.8 Å². The molecule has 4 N–H and O–H groups in total. The van der Waals surface area contributed by atoms with E-state index in [0.717, 1.165) is 11.7 Å². The first-order valence-corrected chi connectivity index (χ1v) is 6.34. The van der Waals surface area contributed by atoms with Crippen LogP contribution in [0.25, 0.3) is 0 Å². The number of rotatable bonds is 8. The van der Waals surface area contributed by atoms with Crippen molar-refractivity contribution in [3.05, 3.63) is 6.20 Å². The maximum Gasteiger partial charge on any atom is 0.245 e. The fraction of sp³-hybridized carbons (Fsp3) is 0.700. The molecule has 0 aliphatic carbocycles. The highest BCUT2D eigenvalue weighted by Crippen LogP contribution is 2.08. The minimum Gasteiger partial charge on any atom is -0.473 e. The van der Waals surface area contributed by atoms with Gasteiger partial charge in [-0.2, -0.15) is 4.37 Å². The van der Waals surface area contributed by atoms with Gasteiger partial charge < -0.3 is 20.9 Å². The summed E-state index contributed by atoms with van der Waals surface area (Å²) in [5, 5.41) is 12.6. The Labute approximate surface area is 110 Å². The summed E-state index contributed by atoms with van der Waals surface area (Å²) < 4.78 is 12.8. The molecule has 0 fully saturated rings. The Morgan fingerprint density at radius 1 is 1.78 bits per heavy atom. The van der Waals surface area contributed by atoms with Crippen LogP contribution in [0.5, 0.6) is 5.88 Å². The highest BCUT2D eigenvalue weighted by atomic mass is 32.1. The van der Waals surface area contributed by atoms with Crippen LogP contribution in [0.15, 0.2) is 6.20 Å². The second-order valence-corrected chi connectivity index (χ2v) is 4.70. The van der Waals surface area contributed by atoms with Crippen LogP contribution in [0.3, 0.4) is 0 Å². The average molecular weight is 274 g/mol. The number of aromatic nitrogens is 2. The second kappa shape index (κ2) is 6.62. The number of carbonyl (C=O) groups excluding carboxylic acids is 1. The van der Waals surface area contributed by atoms with E-state index < -0.39 is 17.6 Å². The zero-order chi connectivity index (χ0) is 13.6. The van der Waals surface area contributed by atoms with E-state index >= 15 is 0 Å². The van der Waals surface area contributed by atoms with Crippen LogP contribution in [0.4, 0.5) is 0 Å². The van der Waals surface area contributed by atoms with Crippen molar-refractivity contribution in [2.45, 2.75) is 31.9 Å². The van der Waals surface area contributed by atoms with E-state index in [1.54, 1.807) is 6.92 Å². The van der Waals surface area contributed by atoms with Crippen LogP contribution >= 0.6 is 11.7 Å². The molecule has 2 unspecified atom stereocenters. The summed E-state index contributed by atoms with van der Waals surface area (Å²) in [5.74, 6) is -0.0611. The Morgan fingerprint density at radius 2 is 2.50 bits per heavy atom. The lowest BCUT2D eigenvalue weighted by Crippen LogP contribution is -2.55. The van der Waals surface area contributed by atoms with Crippen molar-refractivity contribution in [3.8, 4) is 5.88 Å². The number of aliphatic hydroxyl groups excluding tert-OH is 1. The molecule has 1 aromatic rings. The zero-order valence-corrected chi connectivity index (χ0v) is 11.2. The Bertz CT molecular complexity index is 373. The lowest BCUT2D eigenvalue weighted by atomic mass is 9.98. The quantitative estimate of drug-likeness (QED) is 0.590. The van der Waals surface area contributed by atoms with Gasteiger partial charge in [0.15, 0.2) is 0 Å². The molecule has 102 valence electrons. The van der Waals surface area contributed by atoms with E-state index in [9.17, 15) is 9.90 Å². The van der Waals surface area contributed by atoms with Crippen LogP contribution in [-0.2, 0) is 4.79 Å². The molecule has 1 rings (SSSR count). The first-order valence-electron chi connectivity index (χ1n) is 5.61. The Morgan fingerprint density at radius 3 is 3.00 bits per heavy atom. The molecule has 0 radical (unpaired) electrons. The number of hydrogen-bond acceptors (Lipinski definition) is 7. The molecule has 0 aliphatic rings. The van der Waals surface area contributed by atoms with E-state index in [4.69, 9.17) is 10.5 Å². The highest BCUT2D eigenvalue weighted by Gasteiger charge is 2.28. The third-order valence-electron chi connectivity index (χ3n) is 2.74. The number of β-amino-alcohol motifs (C(OH)–C–C–N with tert-alkyl or cyclic N) is 1. The van der Waals surface area contributed by atoms with E-state index in [1.165, 1.54) is 6.20 Å². The third-order valence-corrected chi connectivity index (χ3v) is 3.20. The Balaban J connectivity index is 2.32. The molecule has 0 saturated heterocycles. The third kappa shape index (κ3) is 4.21. The number of ether oxygens (including phenoxy) is 1. The van der Waals surface area contributed by atoms with Crippen LogP contribution in [0.1, 0.15) is 20.3 Å². The zero-order valence-electron chi connectivity index (χ0n) is 10.4. The maximum absolute atomic E-state index is 11.2. The van der Waals surface area contributed by atoms with Gasteiger partial charge >= 0.3 is 0 Å². The predicted molar refractivity (Wildman–Crippen MR) is 67.3 cm³/mol. The van der Waals surface area contributed by atoms with Crippen molar-refractivity contribution in [1.29, 1.82) is 0 Å². The van der Waals surface area contributed by atoms with Crippen molar-refractivity contribution in [2.75, 3.05) is 13.2 Å². The normalized spacial score (nSPS) is 15.9. The van der Waals surface area contributed by atoms with Gasteiger partial charge in [-0.1, -0.05) is 6.92 Å². The summed E-state index contributed by atoms with van der Waals surface area (Å²) in [6.45, 7) is 3.84. The van der Waals surface area contributed by atoms with Gasteiger partial charge in [-0.05, 0) is 13.3 Å². The van der Waals surface area contributed by atoms with E-state index in [1.807, 2.05) is 6.92 Å². The van der Waals surface area contributed by atoms with Crippen molar-refractivity contribution < 1.29 is 14.6 Å². The van der Waals surface area contributed by atoms with Gasteiger partial charge in [0.1, 0.15) is 18.9 Å². The van der Waals surface area contributed by atoms with Crippen molar-refractivity contribution in [2.24, 2.45) is 5.73 Å². The summed E-state index contributed by atoms with van der Waals surface area (Å²) >= 11 is 1.03. The molecule has 7 nitrogen and oxygen atoms in total. The lowest BCUT2D eigenvalue weighted by molar-refractivity contribution is -0.124. The average Bonchev–Trinajstić information content (AvgIpc) is 2.86. The van der Waals surface area contributed by atoms with Crippen LogP contribution in [0, 0.1) is 0 Å². The summed E-state index contributed by atoms with van der Waals surface area (Å²) in [4.78, 5) is 11.2. The van der Waals surface area contributed by atoms with Gasteiger partial charge in [0, 0.05) is 6.54 Å². The summed E-state index contributed by atoms with van der Waals surface area (Å²) in [6, 6.07) is 0. The number of amides is 1. The molecule has 1 heterocycles. The molecule has 0 bridgehead atoms. The maximum atomic E-state index is 11.2. The van der Waals surface area contributed by atoms with Crippen molar-refractivity contribution in [3.63, 3.8) is 0 Å². The minimum atomic E-state index is -0.816. The molecule has 0 aliphatic heterocycles. The fourth-order valence-electron chi connectivity index (χ4n) is 1.19. The molecule has 8 heteroatoms. The Kier molecular flexibility index (Phi) is 5.45. The summed E-state index contributed by atoms with van der Waals surface area (Å²) in [5.41, 5.74) is 4.47. The van der Waals surface area contributed by atoms with Crippen LogP contribution < -0.4 is 15.8 Å². The number of nitrogens with zero attached hydrogens (tertiary/aromatic N) is 2. The van der Waals surface area contributed by atoms with Crippen LogP contribution in [0.2, 0.25) is 0 Å². The van der Waals surface area contributed by atoms with E-state index in [-0.39, 0.29) is 13.2 Å². The summed E-state index contributed by atoms with van der Waals surface area (Å²) in [6.07, 6.45) is 1.27. The fourth-order valence-corrected chi connectivity index (χ4v) is 1.55. The molecule has 0 aromatic carbocycles. The van der Waals surface area contributed by atoms with Gasteiger partial charge in [-0.25, -0.2) is 0 Å². The molecule has 2 atom stereocenters. The SMILES string of the molecule is CCC(C)(NCC(O)COc1cnsn1)C(N)=O. The molecule has 1 amide bonds. The summed E-state index contributed by atoms with van der Waals surface area (Å²) in [7, 11) is 0. The number of carbonyl (C=O) groups is 1. The van der Waals surface area contributed by atoms with Gasteiger partial charge in [-0.3, -0.25) is 4.79 Å². The first-order chi connectivity index (χ1) is 8.48. The van der Waals surface area contributed by atoms with Crippen molar-refractivity contribution in [1.82, 2.24) is 14.1 Å². The first kappa shape index (κ1) is 14.8. The van der Waals surface area contributed by atoms with E-state index in [0.29, 0.717) is 12.3 Å². The molecular formula is C10H18N4O3S. The monoisotopic (exact) mass is 274 g/mol. The topological polar surface area (TPSA) is 110 Å². The van der Waals surface area contributed by atoms with Gasteiger partial charge in [0.05, 0.1) is 17.3 Å². The van der Waals surface area contributed by atoms with Gasteiger partial charge in [0.25, 0.3) is 0 Å². The number of nitrogens with two attached hydrogens (primary N) is 1.